The molecule has 0 unspecified atom stereocenters. The summed E-state index contributed by atoms with van der Waals surface area (Å²) in [7, 11) is -9.87. The summed E-state index contributed by atoms with van der Waals surface area (Å²) in [6, 6.07) is 0. The molecule has 0 saturated carbocycles. The summed E-state index contributed by atoms with van der Waals surface area (Å²) in [6.45, 7) is 10.2. The summed E-state index contributed by atoms with van der Waals surface area (Å²) in [6.07, 6.45) is 0.536. The van der Waals surface area contributed by atoms with Crippen LogP contribution in [0, 0.1) is 0 Å². The summed E-state index contributed by atoms with van der Waals surface area (Å²) in [5.41, 5.74) is -5.65. The number of quaternary nitrogens is 1. The highest BCUT2D eigenvalue weighted by molar-refractivity contribution is 7.86. The van der Waals surface area contributed by atoms with Crippen molar-refractivity contribution in [2.24, 2.45) is 0 Å². The van der Waals surface area contributed by atoms with Crippen molar-refractivity contribution in [2.75, 3.05) is 31.9 Å². The predicted molar refractivity (Wildman–Crippen MR) is 73.5 cm³/mol. The van der Waals surface area contributed by atoms with Gasteiger partial charge >= 0.3 is 5.51 Å². The highest BCUT2D eigenvalue weighted by Gasteiger charge is 2.36. The fraction of sp³-hybridized carbons (Fsp3) is 1.00. The van der Waals surface area contributed by atoms with Gasteiger partial charge in [-0.3, -0.25) is 4.55 Å². The van der Waals surface area contributed by atoms with Crippen LogP contribution in [0.2, 0.25) is 0 Å². The summed E-state index contributed by atoms with van der Waals surface area (Å²) < 4.78 is 89.5. The molecular formula is C10H22F3NO6S2. The van der Waals surface area contributed by atoms with Crippen LogP contribution in [0.3, 0.4) is 0 Å². The largest absolute Gasteiger partial charge is 0.741 e. The van der Waals surface area contributed by atoms with Crippen LogP contribution < -0.4 is 0 Å². The third-order valence-electron chi connectivity index (χ3n) is 3.33. The van der Waals surface area contributed by atoms with Crippen LogP contribution >= 0.6 is 0 Å². The minimum atomic E-state index is -6.09. The third kappa shape index (κ3) is 10.3. The second-order valence-electron chi connectivity index (χ2n) is 4.55. The minimum Gasteiger partial charge on any atom is -0.741 e. The maximum Gasteiger partial charge on any atom is 0.485 e. The van der Waals surface area contributed by atoms with E-state index in [1.54, 1.807) is 0 Å². The van der Waals surface area contributed by atoms with Gasteiger partial charge in [0.05, 0.1) is 31.9 Å². The van der Waals surface area contributed by atoms with Crippen LogP contribution in [0.1, 0.15) is 27.2 Å². The van der Waals surface area contributed by atoms with Crippen LogP contribution in [0.15, 0.2) is 0 Å². The van der Waals surface area contributed by atoms with Crippen LogP contribution in [-0.4, -0.2) is 67.9 Å². The van der Waals surface area contributed by atoms with Gasteiger partial charge in [-0.05, 0) is 20.8 Å². The molecule has 0 rings (SSSR count). The lowest BCUT2D eigenvalue weighted by Crippen LogP contribution is -2.48. The van der Waals surface area contributed by atoms with Crippen molar-refractivity contribution < 1.29 is 43.6 Å². The van der Waals surface area contributed by atoms with E-state index in [-0.39, 0.29) is 5.75 Å². The molecule has 1 N–H and O–H groups in total. The van der Waals surface area contributed by atoms with Crippen molar-refractivity contribution in [3.05, 3.63) is 0 Å². The topological polar surface area (TPSA) is 112 Å². The van der Waals surface area contributed by atoms with E-state index in [9.17, 15) is 21.6 Å². The molecule has 0 aromatic heterocycles. The molecule has 0 saturated heterocycles. The van der Waals surface area contributed by atoms with Crippen molar-refractivity contribution in [1.82, 2.24) is 0 Å². The van der Waals surface area contributed by atoms with E-state index in [1.165, 1.54) is 0 Å². The molecule has 136 valence electrons. The molecule has 12 heteroatoms. The first kappa shape index (κ1) is 23.8. The highest BCUT2D eigenvalue weighted by Crippen LogP contribution is 2.20. The zero-order valence-corrected chi connectivity index (χ0v) is 14.3. The lowest BCUT2D eigenvalue weighted by Gasteiger charge is -2.35. The number of halogens is 3. The molecule has 0 aliphatic rings. The van der Waals surface area contributed by atoms with Crippen LogP contribution in [-0.2, 0) is 20.2 Å². The molecule has 0 aliphatic heterocycles. The minimum absolute atomic E-state index is 0.118. The Balaban J connectivity index is 0. The van der Waals surface area contributed by atoms with Crippen LogP contribution in [0.25, 0.3) is 0 Å². The van der Waals surface area contributed by atoms with Gasteiger partial charge in [0.15, 0.2) is 10.1 Å². The fourth-order valence-electron chi connectivity index (χ4n) is 1.73. The normalized spacial score (nSPS) is 13.5. The Kier molecular flexibility index (Phi) is 9.76. The van der Waals surface area contributed by atoms with Gasteiger partial charge < -0.3 is 9.04 Å². The van der Waals surface area contributed by atoms with Crippen LogP contribution in [0.4, 0.5) is 13.2 Å². The Morgan fingerprint density at radius 3 is 1.50 bits per heavy atom. The molecule has 0 radical (unpaired) electrons. The SMILES string of the molecule is CC[N+](CC)(CC)CCCS(=O)(=O)O.O=S(=O)([O-])C(F)(F)F. The first-order chi connectivity index (χ1) is 9.64. The zero-order chi connectivity index (χ0) is 18.2. The van der Waals surface area contributed by atoms with E-state index in [2.05, 4.69) is 20.8 Å². The second kappa shape index (κ2) is 9.01. The summed E-state index contributed by atoms with van der Waals surface area (Å²) in [5.74, 6) is -0.118. The summed E-state index contributed by atoms with van der Waals surface area (Å²) in [5, 5.41) is 0. The van der Waals surface area contributed by atoms with E-state index < -0.39 is 25.7 Å². The lowest BCUT2D eigenvalue weighted by molar-refractivity contribution is -0.923. The number of alkyl halides is 3. The molecule has 0 amide bonds. The van der Waals surface area contributed by atoms with Gasteiger partial charge in [-0.1, -0.05) is 0 Å². The van der Waals surface area contributed by atoms with Crippen molar-refractivity contribution >= 4 is 20.2 Å². The maximum absolute atomic E-state index is 10.7. The first-order valence-corrected chi connectivity index (χ1v) is 9.48. The molecule has 22 heavy (non-hydrogen) atoms. The van der Waals surface area contributed by atoms with Gasteiger partial charge in [-0.2, -0.15) is 21.6 Å². The van der Waals surface area contributed by atoms with Crippen molar-refractivity contribution in [3.8, 4) is 0 Å². The zero-order valence-electron chi connectivity index (χ0n) is 12.6. The number of hydrogen-bond acceptors (Lipinski definition) is 5. The molecule has 0 spiro atoms. The molecule has 7 nitrogen and oxygen atoms in total. The van der Waals surface area contributed by atoms with Gasteiger partial charge in [0, 0.05) is 6.42 Å². The van der Waals surface area contributed by atoms with E-state index in [0.717, 1.165) is 30.7 Å². The molecule has 0 bridgehead atoms. The molecular weight excluding hydrogens is 351 g/mol. The lowest BCUT2D eigenvalue weighted by atomic mass is 10.3. The molecule has 0 aromatic carbocycles. The van der Waals surface area contributed by atoms with E-state index in [4.69, 9.17) is 17.5 Å². The Morgan fingerprint density at radius 1 is 1.00 bits per heavy atom. The average molecular weight is 373 g/mol. The predicted octanol–water partition coefficient (Wildman–Crippen LogP) is 1.19. The maximum atomic E-state index is 10.7. The number of hydrogen-bond donors (Lipinski definition) is 1. The standard InChI is InChI=1S/C9H21NO3S.CHF3O3S/c1-4-10(5-2,6-3)8-7-9-14(11,12)13;2-1(3,4)8(5,6)7/h4-9H2,1-3H3;(H,5,6,7). The van der Waals surface area contributed by atoms with Gasteiger partial charge in [-0.25, -0.2) is 8.42 Å². The average Bonchev–Trinajstić information content (AvgIpc) is 2.32. The summed E-state index contributed by atoms with van der Waals surface area (Å²) in [4.78, 5) is 0. The smallest absolute Gasteiger partial charge is 0.485 e. The second-order valence-corrected chi connectivity index (χ2v) is 7.50. The first-order valence-electron chi connectivity index (χ1n) is 6.46. The Morgan fingerprint density at radius 2 is 1.32 bits per heavy atom. The third-order valence-corrected chi connectivity index (χ3v) is 4.70. The Bertz CT molecular complexity index is 503. The van der Waals surface area contributed by atoms with Gasteiger partial charge in [0.25, 0.3) is 10.1 Å². The van der Waals surface area contributed by atoms with Crippen molar-refractivity contribution in [2.45, 2.75) is 32.7 Å². The molecule has 0 heterocycles. The Hall–Kier alpha value is -0.430. The van der Waals surface area contributed by atoms with Crippen molar-refractivity contribution in [1.29, 1.82) is 0 Å². The van der Waals surface area contributed by atoms with E-state index >= 15 is 0 Å². The quantitative estimate of drug-likeness (QED) is 0.408. The number of rotatable bonds is 7. The summed E-state index contributed by atoms with van der Waals surface area (Å²) >= 11 is 0. The molecule has 0 fully saturated rings. The van der Waals surface area contributed by atoms with Gasteiger partial charge in [0.1, 0.15) is 0 Å². The highest BCUT2D eigenvalue weighted by atomic mass is 32.2. The number of nitrogens with zero attached hydrogens (tertiary/aromatic N) is 1. The van der Waals surface area contributed by atoms with Gasteiger partial charge in [0.2, 0.25) is 0 Å². The molecule has 0 aliphatic carbocycles. The Labute approximate surface area is 129 Å². The van der Waals surface area contributed by atoms with Gasteiger partial charge in [-0.15, -0.1) is 0 Å². The molecule has 0 aromatic rings. The van der Waals surface area contributed by atoms with Crippen LogP contribution in [0.5, 0.6) is 0 Å². The fourth-order valence-corrected chi connectivity index (χ4v) is 2.22. The monoisotopic (exact) mass is 373 g/mol. The van der Waals surface area contributed by atoms with E-state index in [1.807, 2.05) is 0 Å². The van der Waals surface area contributed by atoms with Crippen molar-refractivity contribution in [3.63, 3.8) is 0 Å². The van der Waals surface area contributed by atoms with E-state index in [0.29, 0.717) is 6.42 Å². The molecule has 0 atom stereocenters.